The molecule has 440 valence electrons. The summed E-state index contributed by atoms with van der Waals surface area (Å²) >= 11 is 0. The maximum atomic E-state index is 12.9. The first-order valence-corrected chi connectivity index (χ1v) is 32.9. The van der Waals surface area contributed by atoms with Crippen LogP contribution in [0, 0.1) is 0 Å². The summed E-state index contributed by atoms with van der Waals surface area (Å²) in [5.41, 5.74) is 0. The maximum Gasteiger partial charge on any atom is 0.306 e. The fourth-order valence-electron chi connectivity index (χ4n) is 9.53. The Bertz CT molecular complexity index is 1400. The van der Waals surface area contributed by atoms with E-state index in [2.05, 4.69) is 93.7 Å². The number of carbonyl (C=O) groups is 3. The second-order valence-electron chi connectivity index (χ2n) is 22.0. The number of ether oxygens (including phenoxy) is 3. The van der Waals surface area contributed by atoms with Crippen molar-refractivity contribution in [3.05, 3.63) is 72.9 Å². The van der Waals surface area contributed by atoms with E-state index in [4.69, 9.17) is 14.2 Å². The summed E-state index contributed by atoms with van der Waals surface area (Å²) in [7, 11) is 0. The van der Waals surface area contributed by atoms with Crippen LogP contribution in [-0.4, -0.2) is 37.2 Å². The molecule has 0 aromatic carbocycles. The smallest absolute Gasteiger partial charge is 0.306 e. The third-order valence-corrected chi connectivity index (χ3v) is 14.4. The van der Waals surface area contributed by atoms with Crippen LogP contribution in [0.1, 0.15) is 335 Å². The van der Waals surface area contributed by atoms with Crippen molar-refractivity contribution in [2.45, 2.75) is 341 Å². The van der Waals surface area contributed by atoms with Crippen molar-refractivity contribution in [1.82, 2.24) is 0 Å². The van der Waals surface area contributed by atoms with E-state index in [1.807, 2.05) is 0 Å². The molecule has 0 aliphatic carbocycles. The lowest BCUT2D eigenvalue weighted by Gasteiger charge is -2.18. The number of allylic oxidation sites excluding steroid dienone is 12. The van der Waals surface area contributed by atoms with Gasteiger partial charge in [-0.25, -0.2) is 0 Å². The Kier molecular flexibility index (Phi) is 61.7. The molecule has 0 bridgehead atoms. The highest BCUT2D eigenvalue weighted by atomic mass is 16.6. The Morgan fingerprint density at radius 2 is 0.513 bits per heavy atom. The Morgan fingerprint density at radius 3 is 0.829 bits per heavy atom. The van der Waals surface area contributed by atoms with Crippen molar-refractivity contribution in [2.75, 3.05) is 13.2 Å². The van der Waals surface area contributed by atoms with Gasteiger partial charge in [0.25, 0.3) is 0 Å². The first kappa shape index (κ1) is 72.8. The fraction of sp³-hybridized carbons (Fsp3) is 0.786. The van der Waals surface area contributed by atoms with Gasteiger partial charge in [-0.15, -0.1) is 0 Å². The van der Waals surface area contributed by atoms with Crippen molar-refractivity contribution < 1.29 is 28.6 Å². The highest BCUT2D eigenvalue weighted by Gasteiger charge is 2.19. The lowest BCUT2D eigenvalue weighted by Crippen LogP contribution is -2.30. The molecule has 76 heavy (non-hydrogen) atoms. The summed E-state index contributed by atoms with van der Waals surface area (Å²) in [5.74, 6) is -0.897. The van der Waals surface area contributed by atoms with Gasteiger partial charge in [0.1, 0.15) is 13.2 Å². The summed E-state index contributed by atoms with van der Waals surface area (Å²) < 4.78 is 16.9. The highest BCUT2D eigenvalue weighted by molar-refractivity contribution is 5.71. The van der Waals surface area contributed by atoms with E-state index in [9.17, 15) is 14.4 Å². The van der Waals surface area contributed by atoms with Gasteiger partial charge in [0, 0.05) is 19.3 Å². The highest BCUT2D eigenvalue weighted by Crippen LogP contribution is 2.17. The third-order valence-electron chi connectivity index (χ3n) is 14.4. The molecule has 0 fully saturated rings. The van der Waals surface area contributed by atoms with Gasteiger partial charge in [0.2, 0.25) is 0 Å². The number of hydrogen-bond donors (Lipinski definition) is 0. The molecule has 1 atom stereocenters. The van der Waals surface area contributed by atoms with E-state index < -0.39 is 6.10 Å². The predicted molar refractivity (Wildman–Crippen MR) is 330 cm³/mol. The minimum atomic E-state index is -0.790. The van der Waals surface area contributed by atoms with Gasteiger partial charge in [-0.1, -0.05) is 299 Å². The Labute approximate surface area is 472 Å². The van der Waals surface area contributed by atoms with Crippen molar-refractivity contribution in [3.8, 4) is 0 Å². The molecule has 6 heteroatoms. The molecule has 0 saturated carbocycles. The van der Waals surface area contributed by atoms with E-state index in [0.717, 1.165) is 122 Å². The third kappa shape index (κ3) is 61.7. The van der Waals surface area contributed by atoms with Crippen LogP contribution in [0.15, 0.2) is 72.9 Å². The molecular weight excluding hydrogens is 937 g/mol. The zero-order valence-electron chi connectivity index (χ0n) is 50.5. The van der Waals surface area contributed by atoms with E-state index in [1.54, 1.807) is 0 Å². The molecule has 0 saturated heterocycles. The first-order chi connectivity index (χ1) is 37.5. The normalized spacial score (nSPS) is 12.5. The minimum absolute atomic E-state index is 0.0838. The molecule has 0 aliphatic rings. The van der Waals surface area contributed by atoms with E-state index in [0.29, 0.717) is 19.3 Å². The molecule has 0 aromatic rings. The van der Waals surface area contributed by atoms with Crippen molar-refractivity contribution >= 4 is 17.9 Å². The molecule has 0 aromatic heterocycles. The van der Waals surface area contributed by atoms with Gasteiger partial charge in [-0.05, 0) is 89.9 Å². The molecule has 0 spiro atoms. The Morgan fingerprint density at radius 1 is 0.276 bits per heavy atom. The van der Waals surface area contributed by atoms with E-state index >= 15 is 0 Å². The van der Waals surface area contributed by atoms with Crippen LogP contribution in [0.2, 0.25) is 0 Å². The average molecular weight is 1060 g/mol. The average Bonchev–Trinajstić information content (AvgIpc) is 3.42. The second kappa shape index (κ2) is 64.4. The van der Waals surface area contributed by atoms with Gasteiger partial charge in [-0.2, -0.15) is 0 Å². The zero-order valence-corrected chi connectivity index (χ0v) is 50.5. The van der Waals surface area contributed by atoms with E-state index in [1.165, 1.54) is 173 Å². The van der Waals surface area contributed by atoms with Gasteiger partial charge >= 0.3 is 17.9 Å². The number of hydrogen-bond acceptors (Lipinski definition) is 6. The largest absolute Gasteiger partial charge is 0.462 e. The maximum absolute atomic E-state index is 12.9. The summed E-state index contributed by atoms with van der Waals surface area (Å²) in [4.78, 5) is 38.3. The lowest BCUT2D eigenvalue weighted by molar-refractivity contribution is -0.167. The SMILES string of the molecule is CC/C=C\C/C=C\C/C=C\CCCCCCCC(=O)OCC(COC(=O)CCCCCCCCCCCCCCCCCCCCCCCCCC)OC(=O)CCCCCCCC/C=C\C/C=C\C/C=C\CCCCC. The topological polar surface area (TPSA) is 78.9 Å². The summed E-state index contributed by atoms with van der Waals surface area (Å²) in [5, 5.41) is 0. The number of carbonyl (C=O) groups excluding carboxylic acids is 3. The van der Waals surface area contributed by atoms with Crippen LogP contribution in [0.25, 0.3) is 0 Å². The monoisotopic (exact) mass is 1060 g/mol. The van der Waals surface area contributed by atoms with Gasteiger partial charge in [-0.3, -0.25) is 14.4 Å². The molecule has 0 heterocycles. The summed E-state index contributed by atoms with van der Waals surface area (Å²) in [6.45, 7) is 6.52. The number of rotatable bonds is 60. The van der Waals surface area contributed by atoms with E-state index in [-0.39, 0.29) is 31.1 Å². The van der Waals surface area contributed by atoms with Crippen LogP contribution in [0.3, 0.4) is 0 Å². The fourth-order valence-corrected chi connectivity index (χ4v) is 9.53. The van der Waals surface area contributed by atoms with Crippen molar-refractivity contribution in [2.24, 2.45) is 0 Å². The van der Waals surface area contributed by atoms with Crippen LogP contribution >= 0.6 is 0 Å². The predicted octanol–water partition coefficient (Wildman–Crippen LogP) is 22.5. The molecule has 1 unspecified atom stereocenters. The molecule has 6 nitrogen and oxygen atoms in total. The standard InChI is InChI=1S/C70H124O6/c1-4-7-10-13-16-19-22-25-28-30-32-33-34-35-36-38-39-42-45-48-51-54-57-60-63-69(72)75-66-67(65-74-68(71)62-59-56-53-50-47-44-41-27-24-21-18-15-12-9-6-3)76-70(73)64-61-58-55-52-49-46-43-40-37-31-29-26-23-20-17-14-11-8-5-2/h9,12,17-18,20-21,26-27,29,37,40-41,67H,4-8,10-11,13-16,19,22-25,28,30-36,38-39,42-66H2,1-3H3/b12-9-,20-17-,21-18-,29-26-,40-37-,41-27-. The van der Waals surface area contributed by atoms with Crippen molar-refractivity contribution in [3.63, 3.8) is 0 Å². The molecule has 0 amide bonds. The Balaban J connectivity index is 4.33. The van der Waals surface area contributed by atoms with Crippen molar-refractivity contribution in [1.29, 1.82) is 0 Å². The number of esters is 3. The molecule has 0 rings (SSSR count). The van der Waals surface area contributed by atoms with Crippen LogP contribution in [-0.2, 0) is 28.6 Å². The quantitative estimate of drug-likeness (QED) is 0.0261. The number of unbranched alkanes of at least 4 members (excludes halogenated alkanes) is 37. The zero-order chi connectivity index (χ0) is 55.0. The van der Waals surface area contributed by atoms with Gasteiger partial charge < -0.3 is 14.2 Å². The van der Waals surface area contributed by atoms with Crippen LogP contribution in [0.4, 0.5) is 0 Å². The molecule has 0 radical (unpaired) electrons. The second-order valence-corrected chi connectivity index (χ2v) is 22.0. The molecule has 0 N–H and O–H groups in total. The Hall–Kier alpha value is -3.15. The summed E-state index contributed by atoms with van der Waals surface area (Å²) in [6, 6.07) is 0. The summed E-state index contributed by atoms with van der Waals surface area (Å²) in [6.07, 6.45) is 83.4. The molecular formula is C70H124O6. The molecule has 0 aliphatic heterocycles. The van der Waals surface area contributed by atoms with Gasteiger partial charge in [0.05, 0.1) is 0 Å². The van der Waals surface area contributed by atoms with Gasteiger partial charge in [0.15, 0.2) is 6.10 Å². The van der Waals surface area contributed by atoms with Crippen LogP contribution in [0.5, 0.6) is 0 Å². The minimum Gasteiger partial charge on any atom is -0.462 e. The lowest BCUT2D eigenvalue weighted by atomic mass is 10.0. The first-order valence-electron chi connectivity index (χ1n) is 32.9. The van der Waals surface area contributed by atoms with Crippen LogP contribution < -0.4 is 0 Å².